The van der Waals surface area contributed by atoms with Crippen LogP contribution in [-0.2, 0) is 12.0 Å². The zero-order valence-corrected chi connectivity index (χ0v) is 30.3. The predicted molar refractivity (Wildman–Crippen MR) is 197 cm³/mol. The molecule has 9 nitrogen and oxygen atoms in total. The van der Waals surface area contributed by atoms with E-state index in [0.717, 1.165) is 81.1 Å². The second-order valence-corrected chi connectivity index (χ2v) is 13.6. The molecule has 11 heteroatoms. The fourth-order valence-electron chi connectivity index (χ4n) is 7.30. The number of likely N-dealkylation sites (tertiary alicyclic amines) is 1. The lowest BCUT2D eigenvalue weighted by molar-refractivity contribution is 0.0780. The molecule has 1 unspecified atom stereocenters. The van der Waals surface area contributed by atoms with Crippen LogP contribution in [0.25, 0.3) is 11.0 Å². The van der Waals surface area contributed by atoms with Crippen molar-refractivity contribution < 1.29 is 19.0 Å². The monoisotopic (exact) mass is 705 g/mol. The summed E-state index contributed by atoms with van der Waals surface area (Å²) in [5, 5.41) is 1.05. The van der Waals surface area contributed by atoms with Crippen molar-refractivity contribution in [1.82, 2.24) is 19.4 Å². The fraction of sp³-hybridized carbons (Fsp3) is 0.421. The van der Waals surface area contributed by atoms with E-state index in [1.54, 1.807) is 33.5 Å². The molecule has 0 saturated carbocycles. The molecule has 0 N–H and O–H groups in total. The first-order valence-electron chi connectivity index (χ1n) is 16.9. The van der Waals surface area contributed by atoms with Crippen LogP contribution in [0.15, 0.2) is 66.7 Å². The van der Waals surface area contributed by atoms with Crippen molar-refractivity contribution in [2.75, 3.05) is 72.0 Å². The molecular formula is C38H45Cl2N5O4. The first-order chi connectivity index (χ1) is 23.8. The van der Waals surface area contributed by atoms with E-state index in [1.807, 2.05) is 17.0 Å². The smallest absolute Gasteiger partial charge is 0.254 e. The van der Waals surface area contributed by atoms with Crippen molar-refractivity contribution in [2.24, 2.45) is 0 Å². The molecule has 3 aromatic carbocycles. The maximum atomic E-state index is 14.0. The van der Waals surface area contributed by atoms with Crippen LogP contribution in [-0.4, -0.2) is 92.4 Å². The van der Waals surface area contributed by atoms with Crippen LogP contribution >= 0.6 is 23.2 Å². The molecule has 0 radical (unpaired) electrons. The highest BCUT2D eigenvalue weighted by Gasteiger charge is 2.42. The molecule has 1 atom stereocenters. The number of rotatable bonds is 11. The molecule has 49 heavy (non-hydrogen) atoms. The Morgan fingerprint density at radius 1 is 0.918 bits per heavy atom. The van der Waals surface area contributed by atoms with Crippen LogP contribution in [0.2, 0.25) is 10.0 Å². The summed E-state index contributed by atoms with van der Waals surface area (Å²) in [5.74, 6) is 2.32. The van der Waals surface area contributed by atoms with Gasteiger partial charge in [-0.3, -0.25) is 4.79 Å². The number of aromatic nitrogens is 2. The Balaban J connectivity index is 1.20. The summed E-state index contributed by atoms with van der Waals surface area (Å²) in [7, 11) is 4.66. The van der Waals surface area contributed by atoms with E-state index >= 15 is 0 Å². The third-order valence-electron chi connectivity index (χ3n) is 10.0. The first-order valence-corrected chi connectivity index (χ1v) is 17.6. The van der Waals surface area contributed by atoms with Gasteiger partial charge in [-0.05, 0) is 81.2 Å². The van der Waals surface area contributed by atoms with Crippen molar-refractivity contribution in [3.63, 3.8) is 0 Å². The number of halogens is 2. The lowest BCUT2D eigenvalue weighted by Crippen LogP contribution is -2.39. The molecule has 2 aliphatic rings. The maximum absolute atomic E-state index is 14.0. The molecule has 260 valence electrons. The second kappa shape index (κ2) is 15.3. The van der Waals surface area contributed by atoms with Crippen LogP contribution in [0.3, 0.4) is 0 Å². The number of hydrogen-bond acceptors (Lipinski definition) is 7. The average molecular weight is 707 g/mol. The van der Waals surface area contributed by atoms with E-state index in [2.05, 4.69) is 63.8 Å². The standard InChI is InChI=1S/C38H45Cl2N5O4/c1-5-6-18-45-32-11-8-7-10-31(32)41-37(45)43-17-9-16-42(21-22-43)19-14-38(28-12-13-29(39)30(40)25-28)15-20-44(26-38)36(46)27-23-33(47-2)35(49-4)34(24-27)48-3/h5-8,10-13,23-25H,9,14-22,26H2,1-4H3/b6-5+. The summed E-state index contributed by atoms with van der Waals surface area (Å²) in [6.45, 7) is 8.70. The summed E-state index contributed by atoms with van der Waals surface area (Å²) in [4.78, 5) is 26.0. The Bertz CT molecular complexity index is 1800. The number of allylic oxidation sites excluding steroid dienone is 2. The van der Waals surface area contributed by atoms with Crippen LogP contribution in [0.1, 0.15) is 42.1 Å². The highest BCUT2D eigenvalue weighted by Crippen LogP contribution is 2.42. The van der Waals surface area contributed by atoms with Gasteiger partial charge in [0.1, 0.15) is 0 Å². The number of benzene rings is 3. The number of methoxy groups -OCH3 is 3. The van der Waals surface area contributed by atoms with Crippen molar-refractivity contribution in [1.29, 1.82) is 0 Å². The Labute approximate surface area is 298 Å². The summed E-state index contributed by atoms with van der Waals surface area (Å²) < 4.78 is 18.9. The van der Waals surface area contributed by atoms with Crippen molar-refractivity contribution in [3.8, 4) is 17.2 Å². The normalized spacial score (nSPS) is 18.7. The third kappa shape index (κ3) is 7.21. The van der Waals surface area contributed by atoms with Crippen LogP contribution in [0.5, 0.6) is 17.2 Å². The molecule has 1 amide bonds. The number of fused-ring (bicyclic) bond motifs is 1. The minimum absolute atomic E-state index is 0.0765. The van der Waals surface area contributed by atoms with Gasteiger partial charge in [-0.15, -0.1) is 0 Å². The minimum Gasteiger partial charge on any atom is -0.493 e. The molecule has 6 rings (SSSR count). The third-order valence-corrected chi connectivity index (χ3v) is 10.8. The molecule has 2 saturated heterocycles. The summed E-state index contributed by atoms with van der Waals surface area (Å²) >= 11 is 12.9. The Morgan fingerprint density at radius 2 is 1.69 bits per heavy atom. The van der Waals surface area contributed by atoms with Crippen molar-refractivity contribution >= 4 is 46.1 Å². The van der Waals surface area contributed by atoms with Gasteiger partial charge in [0.2, 0.25) is 11.7 Å². The highest BCUT2D eigenvalue weighted by atomic mass is 35.5. The predicted octanol–water partition coefficient (Wildman–Crippen LogP) is 7.33. The summed E-state index contributed by atoms with van der Waals surface area (Å²) in [5.41, 5.74) is 3.51. The van der Waals surface area contributed by atoms with E-state index in [1.165, 1.54) is 0 Å². The second-order valence-electron chi connectivity index (χ2n) is 12.8. The van der Waals surface area contributed by atoms with E-state index in [-0.39, 0.29) is 11.3 Å². The maximum Gasteiger partial charge on any atom is 0.254 e. The zero-order valence-electron chi connectivity index (χ0n) is 28.8. The number of hydrogen-bond donors (Lipinski definition) is 0. The molecule has 0 aliphatic carbocycles. The van der Waals surface area contributed by atoms with Crippen molar-refractivity contribution in [3.05, 3.63) is 87.9 Å². The number of carbonyl (C=O) groups is 1. The molecule has 2 aliphatic heterocycles. The SMILES string of the molecule is C/C=C/Cn1c(N2CCCN(CCC3(c4ccc(Cl)c(Cl)c4)CCN(C(=O)c4cc(OC)c(OC)c(OC)c4)C3)CC2)nc2ccccc21. The molecular weight excluding hydrogens is 661 g/mol. The number of para-hydroxylation sites is 2. The van der Waals surface area contributed by atoms with Gasteiger partial charge in [-0.2, -0.15) is 0 Å². The van der Waals surface area contributed by atoms with Crippen molar-refractivity contribution in [2.45, 2.75) is 38.1 Å². The van der Waals surface area contributed by atoms with Gasteiger partial charge in [0.25, 0.3) is 5.91 Å². The molecule has 1 aromatic heterocycles. The van der Waals surface area contributed by atoms with Gasteiger partial charge < -0.3 is 33.5 Å². The first kappa shape index (κ1) is 34.9. The van der Waals surface area contributed by atoms with Crippen LogP contribution in [0.4, 0.5) is 5.95 Å². The Morgan fingerprint density at radius 3 is 2.41 bits per heavy atom. The zero-order chi connectivity index (χ0) is 34.5. The van der Waals surface area contributed by atoms with Gasteiger partial charge in [-0.1, -0.05) is 53.6 Å². The quantitative estimate of drug-likeness (QED) is 0.151. The van der Waals surface area contributed by atoms with Gasteiger partial charge in [0, 0.05) is 50.2 Å². The number of imidazole rings is 1. The van der Waals surface area contributed by atoms with E-state index in [0.29, 0.717) is 45.9 Å². The number of ether oxygens (including phenoxy) is 3. The topological polar surface area (TPSA) is 72.3 Å². The average Bonchev–Trinajstić information content (AvgIpc) is 3.64. The van der Waals surface area contributed by atoms with Gasteiger partial charge in [0.05, 0.1) is 42.4 Å². The lowest BCUT2D eigenvalue weighted by atomic mass is 9.76. The van der Waals surface area contributed by atoms with E-state index < -0.39 is 0 Å². The largest absolute Gasteiger partial charge is 0.493 e. The number of amides is 1. The molecule has 3 heterocycles. The minimum atomic E-state index is -0.281. The Hall–Kier alpha value is -3.92. The molecule has 0 bridgehead atoms. The van der Waals surface area contributed by atoms with Gasteiger partial charge >= 0.3 is 0 Å². The number of carbonyl (C=O) groups excluding carboxylic acids is 1. The lowest BCUT2D eigenvalue weighted by Gasteiger charge is -2.33. The van der Waals surface area contributed by atoms with Gasteiger partial charge in [0.15, 0.2) is 11.5 Å². The number of anilines is 1. The fourth-order valence-corrected chi connectivity index (χ4v) is 7.60. The number of nitrogens with zero attached hydrogens (tertiary/aromatic N) is 5. The van der Waals surface area contributed by atoms with E-state index in [9.17, 15) is 4.79 Å². The summed E-state index contributed by atoms with van der Waals surface area (Å²) in [6.07, 6.45) is 7.01. The Kier molecular flexibility index (Phi) is 10.9. The molecule has 0 spiro atoms. The van der Waals surface area contributed by atoms with Crippen LogP contribution < -0.4 is 19.1 Å². The van der Waals surface area contributed by atoms with E-state index in [4.69, 9.17) is 42.4 Å². The molecule has 2 fully saturated rings. The highest BCUT2D eigenvalue weighted by molar-refractivity contribution is 6.42. The molecule has 4 aromatic rings. The van der Waals surface area contributed by atoms with Crippen LogP contribution in [0, 0.1) is 0 Å². The summed E-state index contributed by atoms with van der Waals surface area (Å²) in [6, 6.07) is 17.7. The van der Waals surface area contributed by atoms with Gasteiger partial charge in [-0.25, -0.2) is 4.98 Å².